The highest BCUT2D eigenvalue weighted by Crippen LogP contribution is 2.59. The maximum Gasteiger partial charge on any atom is 0.113 e. The molecule has 704 valence electrons. The zero-order valence-electron chi connectivity index (χ0n) is 83.2. The minimum atomic E-state index is -0.0821. The maximum atomic E-state index is 4.97. The number of rotatable bonds is 8. The molecule has 12 heteroatoms. The van der Waals surface area contributed by atoms with Gasteiger partial charge >= 0.3 is 0 Å². The summed E-state index contributed by atoms with van der Waals surface area (Å²) in [6.45, 7) is 18.8. The normalized spacial score (nSPS) is 13.9. The monoisotopic (exact) mass is 1900 g/mol. The van der Waals surface area contributed by atoms with Gasteiger partial charge in [-0.05, 0) is 229 Å². The second kappa shape index (κ2) is 32.5. The van der Waals surface area contributed by atoms with E-state index in [1.807, 2.05) is 49.6 Å². The Balaban J connectivity index is 0.0000000930. The number of imidazole rings is 4. The van der Waals surface area contributed by atoms with E-state index in [9.17, 15) is 0 Å². The van der Waals surface area contributed by atoms with Crippen molar-refractivity contribution in [2.45, 2.75) is 77.0 Å². The van der Waals surface area contributed by atoms with E-state index in [0.717, 1.165) is 89.6 Å². The molecule has 28 aromatic rings. The summed E-state index contributed by atoms with van der Waals surface area (Å²) < 4.78 is 18.4. The van der Waals surface area contributed by atoms with Gasteiger partial charge in [0, 0.05) is 93.1 Å². The average molecular weight is 1900 g/mol. The summed E-state index contributed by atoms with van der Waals surface area (Å²) in [6, 6.07) is 157. The summed E-state index contributed by atoms with van der Waals surface area (Å²) in [5.74, 6) is 0. The Bertz CT molecular complexity index is 10200. The first-order valence-corrected chi connectivity index (χ1v) is 51.3. The van der Waals surface area contributed by atoms with Crippen LogP contribution in [0.25, 0.3) is 221 Å². The van der Waals surface area contributed by atoms with Crippen molar-refractivity contribution in [3.63, 3.8) is 0 Å². The third kappa shape index (κ3) is 12.5. The molecule has 0 bridgehead atoms. The van der Waals surface area contributed by atoms with Crippen LogP contribution in [0.3, 0.4) is 0 Å². The van der Waals surface area contributed by atoms with E-state index >= 15 is 0 Å². The molecule has 0 atom stereocenters. The van der Waals surface area contributed by atoms with E-state index in [-0.39, 0.29) is 21.7 Å². The van der Waals surface area contributed by atoms with Gasteiger partial charge in [0.05, 0.1) is 88.9 Å². The summed E-state index contributed by atoms with van der Waals surface area (Å²) >= 11 is 0. The van der Waals surface area contributed by atoms with Gasteiger partial charge in [-0.1, -0.05) is 347 Å². The second-order valence-corrected chi connectivity index (χ2v) is 42.0. The van der Waals surface area contributed by atoms with E-state index in [0.29, 0.717) is 0 Å². The number of aromatic nitrogens is 12. The number of benzene rings is 20. The Morgan fingerprint density at radius 3 is 0.946 bits per heavy atom. The van der Waals surface area contributed by atoms with Crippen LogP contribution in [-0.4, -0.2) is 56.5 Å². The van der Waals surface area contributed by atoms with Crippen LogP contribution >= 0.6 is 0 Å². The molecule has 0 N–H and O–H groups in total. The Kier molecular flexibility index (Phi) is 18.9. The van der Waals surface area contributed by atoms with E-state index in [1.54, 1.807) is 0 Å². The van der Waals surface area contributed by atoms with Gasteiger partial charge < -0.3 is 18.3 Å². The van der Waals surface area contributed by atoms with Crippen molar-refractivity contribution in [1.29, 1.82) is 0 Å². The van der Waals surface area contributed by atoms with Crippen molar-refractivity contribution in [3.8, 4) is 90.0 Å². The maximum absolute atomic E-state index is 4.97. The van der Waals surface area contributed by atoms with Crippen LogP contribution < -0.4 is 0 Å². The summed E-state index contributed by atoms with van der Waals surface area (Å²) in [7, 11) is 0. The van der Waals surface area contributed by atoms with Gasteiger partial charge in [0.1, 0.15) is 47.4 Å². The lowest BCUT2D eigenvalue weighted by Gasteiger charge is -2.22. The largest absolute Gasteiger partial charge is 0.307 e. The quantitative estimate of drug-likeness (QED) is 0.152. The molecule has 0 spiro atoms. The van der Waals surface area contributed by atoms with Gasteiger partial charge in [-0.2, -0.15) is 0 Å². The molecule has 32 rings (SSSR count). The zero-order chi connectivity index (χ0) is 98.9. The van der Waals surface area contributed by atoms with Gasteiger partial charge in [-0.3, -0.25) is 18.3 Å². The molecule has 8 aromatic heterocycles. The third-order valence-electron chi connectivity index (χ3n) is 32.8. The van der Waals surface area contributed by atoms with Crippen molar-refractivity contribution in [3.05, 3.63) is 507 Å². The van der Waals surface area contributed by atoms with Crippen molar-refractivity contribution < 1.29 is 0 Å². The number of fused-ring (bicyclic) bond motifs is 31. The molecular weight excluding hydrogens is 1800 g/mol. The molecule has 8 heterocycles. The average Bonchev–Trinajstić information content (AvgIpc) is 1.55. The van der Waals surface area contributed by atoms with Crippen molar-refractivity contribution in [1.82, 2.24) is 56.5 Å². The summed E-state index contributed by atoms with van der Waals surface area (Å²) in [5.41, 5.74) is 48.7. The minimum absolute atomic E-state index is 0.0300. The summed E-state index contributed by atoms with van der Waals surface area (Å²) in [6.07, 6.45) is 7.76. The Morgan fingerprint density at radius 2 is 0.486 bits per heavy atom. The Hall–Kier alpha value is -18.5. The zero-order valence-corrected chi connectivity index (χ0v) is 83.2. The molecule has 0 saturated carbocycles. The molecule has 12 nitrogen and oxygen atoms in total. The lowest BCUT2D eigenvalue weighted by Crippen LogP contribution is -2.15. The molecule has 0 unspecified atom stereocenters. The van der Waals surface area contributed by atoms with E-state index in [4.69, 9.17) is 19.9 Å². The number of hydrogen-bond donors (Lipinski definition) is 0. The first kappa shape index (κ1) is 86.2. The van der Waals surface area contributed by atoms with Crippen molar-refractivity contribution >= 4 is 131 Å². The summed E-state index contributed by atoms with van der Waals surface area (Å²) in [4.78, 5) is 19.8. The fourth-order valence-corrected chi connectivity index (χ4v) is 26.0. The fraction of sp³-hybridized carbons (Fsp3) is 0.0882. The standard InChI is InChI=1S/4C34H25N3/c1-34(2)26-15-8-6-14-25(26)31-27(34)20-19-24-23-13-7-9-16-28(23)37(33(24)31)30-18-10-17-29-32(30)35-21-36(29)22-11-4-3-5-12-22;1-34(2)27-15-8-6-13-23(27)25-19-26-24-14-7-9-16-29(24)37(32(26)20-28(25)34)31-18-10-17-30-33(31)35-21-36(30)22-11-4-3-5-12-22;1-34(2)26-15-8-6-13-23(26)24-19-20-28-31(32(24)34)25-14-7-9-16-27(25)37(28)30-18-10-17-29-33(30)35-21-36(29)22-11-4-3-5-12-22;1-34(2)25-15-8-6-13-23(25)31-26(34)19-20-28-32(31)24-14-7-9-16-27(24)37(28)30-18-10-17-29-33(30)35-21-36(29)22-11-4-3-5-12-22/h4*3-21H,1-2H3. The van der Waals surface area contributed by atoms with Crippen LogP contribution in [0.1, 0.15) is 99.9 Å². The van der Waals surface area contributed by atoms with Crippen LogP contribution in [0.2, 0.25) is 0 Å². The number of hydrogen-bond acceptors (Lipinski definition) is 4. The van der Waals surface area contributed by atoms with Crippen molar-refractivity contribution in [2.24, 2.45) is 0 Å². The third-order valence-corrected chi connectivity index (χ3v) is 32.8. The molecule has 0 radical (unpaired) electrons. The molecular formula is C136H100N12. The first-order valence-electron chi connectivity index (χ1n) is 51.3. The second-order valence-electron chi connectivity index (χ2n) is 42.0. The predicted octanol–water partition coefficient (Wildman–Crippen LogP) is 33.7. The van der Waals surface area contributed by atoms with Crippen LogP contribution in [0.5, 0.6) is 0 Å². The Morgan fingerprint density at radius 1 is 0.176 bits per heavy atom. The Labute approximate surface area is 855 Å². The number of para-hydroxylation sites is 12. The van der Waals surface area contributed by atoms with E-state index < -0.39 is 0 Å². The molecule has 4 aliphatic rings. The van der Waals surface area contributed by atoms with Gasteiger partial charge in [0.15, 0.2) is 0 Å². The highest BCUT2D eigenvalue weighted by Gasteiger charge is 2.43. The molecule has 0 fully saturated rings. The first-order chi connectivity index (χ1) is 72.6. The molecule has 0 saturated heterocycles. The van der Waals surface area contributed by atoms with Gasteiger partial charge in [0.2, 0.25) is 0 Å². The van der Waals surface area contributed by atoms with Crippen LogP contribution in [0, 0.1) is 0 Å². The minimum Gasteiger partial charge on any atom is -0.307 e. The van der Waals surface area contributed by atoms with Crippen LogP contribution in [-0.2, 0) is 21.7 Å². The van der Waals surface area contributed by atoms with Gasteiger partial charge in [-0.25, -0.2) is 19.9 Å². The smallest absolute Gasteiger partial charge is 0.113 e. The topological polar surface area (TPSA) is 91.0 Å². The summed E-state index contributed by atoms with van der Waals surface area (Å²) in [5, 5.41) is 10.3. The lowest BCUT2D eigenvalue weighted by molar-refractivity contribution is 0.660. The molecule has 0 aliphatic heterocycles. The number of nitrogens with zero attached hydrogens (tertiary/aromatic N) is 12. The predicted molar refractivity (Wildman–Crippen MR) is 612 cm³/mol. The fourth-order valence-electron chi connectivity index (χ4n) is 26.0. The van der Waals surface area contributed by atoms with Crippen molar-refractivity contribution in [2.75, 3.05) is 0 Å². The van der Waals surface area contributed by atoms with Gasteiger partial charge in [-0.15, -0.1) is 0 Å². The molecule has 0 amide bonds. The van der Waals surface area contributed by atoms with Gasteiger partial charge in [0.25, 0.3) is 0 Å². The van der Waals surface area contributed by atoms with Crippen LogP contribution in [0.15, 0.2) is 462 Å². The highest BCUT2D eigenvalue weighted by atomic mass is 15.1. The van der Waals surface area contributed by atoms with E-state index in [1.165, 1.54) is 176 Å². The molecule has 4 aliphatic carbocycles. The molecule has 148 heavy (non-hydrogen) atoms. The molecule has 20 aromatic carbocycles. The van der Waals surface area contributed by atoms with Crippen LogP contribution in [0.4, 0.5) is 0 Å². The lowest BCUT2D eigenvalue weighted by atomic mass is 9.80. The highest BCUT2D eigenvalue weighted by molar-refractivity contribution is 6.21. The van der Waals surface area contributed by atoms with E-state index in [2.05, 4.69) is 504 Å². The SMILES string of the molecule is CC1(C)c2ccccc2-c2c1ccc1c2c2ccccc2n1-c1cccc2c1ncn2-c1ccccc1.CC1(C)c2ccccc2-c2c1ccc1c3ccccc3n(-c3cccc4c3ncn4-c3ccccc3)c21.CC1(C)c2ccccc2-c2cc3c4ccccc4n(-c4cccc5c4ncn5-c4ccccc4)c3cc21.CC1(C)c2ccccc2-c2ccc3c(c21)c1ccccc1n3-c1cccc2c1ncn2-c1ccccc1.